The highest BCUT2D eigenvalue weighted by Gasteiger charge is 2.69. The van der Waals surface area contributed by atoms with Crippen LogP contribution in [0, 0.1) is 22.7 Å². The van der Waals surface area contributed by atoms with Gasteiger partial charge in [-0.3, -0.25) is 4.79 Å². The number of ether oxygens (including phenoxy) is 2. The largest absolute Gasteiger partial charge is 0.459 e. The summed E-state index contributed by atoms with van der Waals surface area (Å²) < 4.78 is 10.9. The van der Waals surface area contributed by atoms with E-state index in [0.29, 0.717) is 12.8 Å². The summed E-state index contributed by atoms with van der Waals surface area (Å²) >= 11 is 0. The molecule has 4 rings (SSSR count). The van der Waals surface area contributed by atoms with E-state index in [9.17, 15) is 30.0 Å². The number of aliphatic hydroxyl groups excluding tert-OH is 4. The van der Waals surface area contributed by atoms with Crippen LogP contribution >= 0.6 is 0 Å². The molecule has 2 saturated carbocycles. The van der Waals surface area contributed by atoms with Crippen LogP contribution in [0.4, 0.5) is 0 Å². The third-order valence-corrected chi connectivity index (χ3v) is 9.28. The molecule has 9 unspecified atom stereocenters. The molecule has 0 bridgehead atoms. The van der Waals surface area contributed by atoms with Crippen molar-refractivity contribution in [2.75, 3.05) is 6.61 Å². The van der Waals surface area contributed by atoms with Crippen LogP contribution in [0.1, 0.15) is 59.8 Å². The third-order valence-electron chi connectivity index (χ3n) is 9.28. The molecule has 0 radical (unpaired) electrons. The number of hydrogen-bond donors (Lipinski definition) is 4. The Labute approximate surface area is 200 Å². The minimum Gasteiger partial charge on any atom is -0.459 e. The van der Waals surface area contributed by atoms with E-state index in [1.807, 2.05) is 0 Å². The van der Waals surface area contributed by atoms with Crippen LogP contribution in [-0.2, 0) is 19.1 Å². The topological polar surface area (TPSA) is 137 Å². The maximum Gasteiger partial charge on any atom is 0.338 e. The Bertz CT molecular complexity index is 906. The summed E-state index contributed by atoms with van der Waals surface area (Å²) in [6.45, 7) is 11.7. The average molecular weight is 479 g/mol. The van der Waals surface area contributed by atoms with Crippen LogP contribution < -0.4 is 0 Å². The zero-order valence-electron chi connectivity index (χ0n) is 20.5. The van der Waals surface area contributed by atoms with Gasteiger partial charge in [-0.1, -0.05) is 32.9 Å². The van der Waals surface area contributed by atoms with Crippen LogP contribution in [0.5, 0.6) is 0 Å². The van der Waals surface area contributed by atoms with Crippen LogP contribution in [0.3, 0.4) is 0 Å². The Balaban J connectivity index is 1.51. The van der Waals surface area contributed by atoms with Crippen molar-refractivity contribution in [2.24, 2.45) is 22.7 Å². The molecule has 0 aromatic rings. The molecule has 8 nitrogen and oxygen atoms in total. The van der Waals surface area contributed by atoms with Crippen molar-refractivity contribution in [2.45, 2.75) is 95.9 Å². The van der Waals surface area contributed by atoms with Crippen molar-refractivity contribution < 1.29 is 39.5 Å². The smallest absolute Gasteiger partial charge is 0.338 e. The quantitative estimate of drug-likeness (QED) is 0.256. The lowest BCUT2D eigenvalue weighted by atomic mass is 9.46. The Hall–Kier alpha value is -1.58. The highest BCUT2D eigenvalue weighted by molar-refractivity contribution is 6.02. The minimum atomic E-state index is -1.70. The number of rotatable bonds is 6. The fourth-order valence-corrected chi connectivity index (χ4v) is 6.96. The van der Waals surface area contributed by atoms with Gasteiger partial charge in [0.25, 0.3) is 0 Å². The highest BCUT2D eigenvalue weighted by atomic mass is 16.6. The lowest BCUT2D eigenvalue weighted by molar-refractivity contribution is -0.158. The van der Waals surface area contributed by atoms with E-state index >= 15 is 0 Å². The van der Waals surface area contributed by atoms with E-state index in [4.69, 9.17) is 9.47 Å². The van der Waals surface area contributed by atoms with Crippen molar-refractivity contribution in [3.05, 3.63) is 23.8 Å². The van der Waals surface area contributed by atoms with E-state index in [-0.39, 0.29) is 46.7 Å². The summed E-state index contributed by atoms with van der Waals surface area (Å²) in [4.78, 5) is 25.0. The minimum absolute atomic E-state index is 0.0214. The van der Waals surface area contributed by atoms with Gasteiger partial charge in [0.15, 0.2) is 17.5 Å². The summed E-state index contributed by atoms with van der Waals surface area (Å²) in [5, 5.41) is 40.4. The molecule has 190 valence electrons. The number of esters is 1. The molecule has 0 aromatic carbocycles. The van der Waals surface area contributed by atoms with Gasteiger partial charge in [-0.15, -0.1) is 0 Å². The molecule has 34 heavy (non-hydrogen) atoms. The van der Waals surface area contributed by atoms with Crippen molar-refractivity contribution in [3.8, 4) is 0 Å². The first-order valence-corrected chi connectivity index (χ1v) is 12.2. The Morgan fingerprint density at radius 3 is 2.59 bits per heavy atom. The zero-order valence-corrected chi connectivity index (χ0v) is 20.5. The van der Waals surface area contributed by atoms with Gasteiger partial charge in [0, 0.05) is 5.57 Å². The lowest BCUT2D eigenvalue weighted by Gasteiger charge is -2.59. The number of ketones is 1. The molecular weight excluding hydrogens is 440 g/mol. The second kappa shape index (κ2) is 8.52. The van der Waals surface area contributed by atoms with E-state index < -0.39 is 36.0 Å². The SMILES string of the molecule is C=C1CCC2C(C)(C)C(O)CCC2(C)C1CC12OC1C(O)C(COC(=O)C(O)C(C)O)=CC2=O. The first-order valence-electron chi connectivity index (χ1n) is 12.2. The summed E-state index contributed by atoms with van der Waals surface area (Å²) in [7, 11) is 0. The number of aliphatic hydroxyl groups is 4. The predicted molar refractivity (Wildman–Crippen MR) is 122 cm³/mol. The summed E-state index contributed by atoms with van der Waals surface area (Å²) in [6, 6.07) is 0. The van der Waals surface area contributed by atoms with Crippen molar-refractivity contribution in [3.63, 3.8) is 0 Å². The summed E-state index contributed by atoms with van der Waals surface area (Å²) in [6.07, 6.45) is -0.142. The van der Waals surface area contributed by atoms with Crippen molar-refractivity contribution >= 4 is 11.8 Å². The lowest BCUT2D eigenvalue weighted by Crippen LogP contribution is -2.56. The molecule has 8 heteroatoms. The average Bonchev–Trinajstić information content (AvgIpc) is 3.51. The molecular formula is C26H38O8. The molecule has 1 aliphatic heterocycles. The van der Waals surface area contributed by atoms with E-state index in [0.717, 1.165) is 24.8 Å². The number of carbonyl (C=O) groups excluding carboxylic acids is 2. The van der Waals surface area contributed by atoms with E-state index in [1.54, 1.807) is 0 Å². The van der Waals surface area contributed by atoms with Gasteiger partial charge in [-0.25, -0.2) is 4.79 Å². The summed E-state index contributed by atoms with van der Waals surface area (Å²) in [5.74, 6) is -0.988. The first kappa shape index (κ1) is 25.5. The molecule has 4 aliphatic rings. The normalized spacial score (nSPS) is 42.7. The molecule has 3 aliphatic carbocycles. The monoisotopic (exact) mass is 478 g/mol. The predicted octanol–water partition coefficient (Wildman–Crippen LogP) is 1.44. The van der Waals surface area contributed by atoms with Crippen molar-refractivity contribution in [1.29, 1.82) is 0 Å². The molecule has 0 aromatic heterocycles. The molecule has 1 saturated heterocycles. The van der Waals surface area contributed by atoms with Gasteiger partial charge in [0.2, 0.25) is 0 Å². The summed E-state index contributed by atoms with van der Waals surface area (Å²) in [5.41, 5.74) is -0.192. The van der Waals surface area contributed by atoms with Gasteiger partial charge in [0.05, 0.1) is 12.2 Å². The number of hydrogen-bond acceptors (Lipinski definition) is 8. The van der Waals surface area contributed by atoms with Gasteiger partial charge >= 0.3 is 5.97 Å². The maximum atomic E-state index is 13.2. The molecule has 9 atom stereocenters. The fraction of sp³-hybridized carbons (Fsp3) is 0.769. The Morgan fingerprint density at radius 2 is 1.94 bits per heavy atom. The standard InChI is InChI=1S/C26H38O8/c1-13-6-7-17-24(3,4)18(28)8-9-25(17,5)16(13)11-26-19(29)10-15(21(31)22(26)34-26)12-33-23(32)20(30)14(2)27/h10,14,16-18,20-22,27-28,30-31H,1,6-9,11-12H2,2-5H3. The number of fused-ring (bicyclic) bond motifs is 2. The van der Waals surface area contributed by atoms with Crippen LogP contribution in [0.2, 0.25) is 0 Å². The van der Waals surface area contributed by atoms with Gasteiger partial charge in [0.1, 0.15) is 18.8 Å². The molecule has 0 amide bonds. The van der Waals surface area contributed by atoms with E-state index in [1.165, 1.54) is 13.0 Å². The maximum absolute atomic E-state index is 13.2. The number of allylic oxidation sites excluding steroid dienone is 1. The second-order valence-corrected chi connectivity index (χ2v) is 11.6. The number of carbonyl (C=O) groups is 2. The Morgan fingerprint density at radius 1 is 1.26 bits per heavy atom. The number of epoxide rings is 1. The zero-order chi connectivity index (χ0) is 25.2. The Kier molecular flexibility index (Phi) is 6.39. The highest BCUT2D eigenvalue weighted by Crippen LogP contribution is 2.64. The fourth-order valence-electron chi connectivity index (χ4n) is 6.96. The van der Waals surface area contributed by atoms with Gasteiger partial charge in [-0.2, -0.15) is 0 Å². The molecule has 1 heterocycles. The molecule has 3 fully saturated rings. The molecule has 4 N–H and O–H groups in total. The van der Waals surface area contributed by atoms with Crippen LogP contribution in [-0.4, -0.2) is 74.9 Å². The second-order valence-electron chi connectivity index (χ2n) is 11.6. The molecule has 0 spiro atoms. The first-order chi connectivity index (χ1) is 15.8. The van der Waals surface area contributed by atoms with E-state index in [2.05, 4.69) is 27.4 Å². The van der Waals surface area contributed by atoms with Gasteiger partial charge < -0.3 is 29.9 Å². The van der Waals surface area contributed by atoms with Crippen LogP contribution in [0.15, 0.2) is 23.8 Å². The van der Waals surface area contributed by atoms with Gasteiger partial charge in [-0.05, 0) is 67.8 Å². The third kappa shape index (κ3) is 3.88. The van der Waals surface area contributed by atoms with Crippen LogP contribution in [0.25, 0.3) is 0 Å². The van der Waals surface area contributed by atoms with Crippen molar-refractivity contribution in [1.82, 2.24) is 0 Å².